The van der Waals surface area contributed by atoms with Gasteiger partial charge in [0.2, 0.25) is 0 Å². The van der Waals surface area contributed by atoms with E-state index >= 15 is 0 Å². The molecular weight excluding hydrogens is 566 g/mol. The van der Waals surface area contributed by atoms with Crippen LogP contribution in [-0.4, -0.2) is 44.4 Å². The van der Waals surface area contributed by atoms with Crippen molar-refractivity contribution < 1.29 is 33.3 Å². The summed E-state index contributed by atoms with van der Waals surface area (Å²) < 4.78 is 22.2. The molecule has 0 aliphatic carbocycles. The summed E-state index contributed by atoms with van der Waals surface area (Å²) in [4.78, 5) is 37.2. The maximum Gasteiger partial charge on any atom is 0.338 e. The predicted molar refractivity (Wildman–Crippen MR) is 160 cm³/mol. The highest BCUT2D eigenvalue weighted by molar-refractivity contribution is 5.95. The molecule has 0 unspecified atom stereocenters. The lowest BCUT2D eigenvalue weighted by atomic mass is 9.95. The topological polar surface area (TPSA) is 160 Å². The molecule has 1 heterocycles. The molecule has 3 aromatic carbocycles. The molecule has 1 aliphatic rings. The number of esters is 1. The minimum atomic E-state index is -0.778. The molecule has 0 saturated heterocycles. The average molecular weight is 598 g/mol. The number of ether oxygens (including phenoxy) is 4. The standard InChI is InChI=1S/C32H31N5O7/c1-4-42-31(39)29-20(2)35-32(40)36-30(29)23-13-14-26(27(15-23)41-3)44-19-28(38)37-34-17-24-7-5-6-8-25(24)43-18-22-11-9-21(16-33)10-12-22/h5-15,17,30H,4,18-19H2,1-3H3,(H,37,38)(H2,35,36,40)/b34-17+/t30-/m0/s1. The number of amides is 3. The van der Waals surface area contributed by atoms with E-state index < -0.39 is 23.9 Å². The van der Waals surface area contributed by atoms with E-state index in [9.17, 15) is 14.4 Å². The Morgan fingerprint density at radius 1 is 1.05 bits per heavy atom. The number of hydrogen-bond donors (Lipinski definition) is 3. The van der Waals surface area contributed by atoms with Crippen LogP contribution in [0.15, 0.2) is 83.1 Å². The summed E-state index contributed by atoms with van der Waals surface area (Å²) in [7, 11) is 1.44. The second-order valence-corrected chi connectivity index (χ2v) is 9.42. The highest BCUT2D eigenvalue weighted by Gasteiger charge is 2.32. The molecular formula is C32H31N5O7. The number of carbonyl (C=O) groups is 3. The van der Waals surface area contributed by atoms with Crippen molar-refractivity contribution in [3.8, 4) is 23.3 Å². The second-order valence-electron chi connectivity index (χ2n) is 9.42. The first-order valence-corrected chi connectivity index (χ1v) is 13.6. The molecule has 44 heavy (non-hydrogen) atoms. The van der Waals surface area contributed by atoms with Crippen LogP contribution in [0.2, 0.25) is 0 Å². The summed E-state index contributed by atoms with van der Waals surface area (Å²) in [5.74, 6) is 0.0602. The Morgan fingerprint density at radius 2 is 1.82 bits per heavy atom. The Morgan fingerprint density at radius 3 is 2.55 bits per heavy atom. The number of nitrogens with zero attached hydrogens (tertiary/aromatic N) is 2. The molecule has 1 atom stereocenters. The van der Waals surface area contributed by atoms with Crippen molar-refractivity contribution in [1.29, 1.82) is 5.26 Å². The van der Waals surface area contributed by atoms with E-state index in [0.29, 0.717) is 40.5 Å². The number of urea groups is 1. The number of allylic oxidation sites excluding steroid dienone is 1. The van der Waals surface area contributed by atoms with Crippen molar-refractivity contribution in [2.75, 3.05) is 20.3 Å². The molecule has 0 fully saturated rings. The number of para-hydroxylation sites is 1. The summed E-state index contributed by atoms with van der Waals surface area (Å²) in [5.41, 5.74) is 5.74. The van der Waals surface area contributed by atoms with E-state index in [1.54, 1.807) is 56.3 Å². The highest BCUT2D eigenvalue weighted by atomic mass is 16.5. The number of nitrogens with one attached hydrogen (secondary N) is 3. The van der Waals surface area contributed by atoms with Crippen LogP contribution >= 0.6 is 0 Å². The van der Waals surface area contributed by atoms with Crippen LogP contribution in [0.4, 0.5) is 4.79 Å². The van der Waals surface area contributed by atoms with Crippen LogP contribution in [0, 0.1) is 11.3 Å². The van der Waals surface area contributed by atoms with Gasteiger partial charge in [0, 0.05) is 11.3 Å². The molecule has 0 aromatic heterocycles. The van der Waals surface area contributed by atoms with Crippen LogP contribution in [0.25, 0.3) is 0 Å². The minimum Gasteiger partial charge on any atom is -0.493 e. The molecule has 12 heteroatoms. The van der Waals surface area contributed by atoms with Gasteiger partial charge in [-0.05, 0) is 61.4 Å². The number of rotatable bonds is 12. The number of carbonyl (C=O) groups excluding carboxylic acids is 3. The Kier molecular flexibility index (Phi) is 10.5. The molecule has 3 amide bonds. The van der Waals surface area contributed by atoms with Crippen LogP contribution in [0.1, 0.15) is 42.1 Å². The van der Waals surface area contributed by atoms with E-state index in [1.807, 2.05) is 24.3 Å². The zero-order valence-electron chi connectivity index (χ0n) is 24.4. The van der Waals surface area contributed by atoms with Gasteiger partial charge in [-0.2, -0.15) is 10.4 Å². The van der Waals surface area contributed by atoms with Gasteiger partial charge in [-0.3, -0.25) is 4.79 Å². The molecule has 226 valence electrons. The normalized spacial score (nSPS) is 14.2. The fourth-order valence-corrected chi connectivity index (χ4v) is 4.31. The third-order valence-corrected chi connectivity index (χ3v) is 6.43. The summed E-state index contributed by atoms with van der Waals surface area (Å²) in [6.07, 6.45) is 1.46. The quantitative estimate of drug-likeness (QED) is 0.161. The lowest BCUT2D eigenvalue weighted by Crippen LogP contribution is -2.45. The molecule has 0 spiro atoms. The van der Waals surface area contributed by atoms with Gasteiger partial charge in [-0.1, -0.05) is 30.3 Å². The third kappa shape index (κ3) is 7.92. The summed E-state index contributed by atoms with van der Waals surface area (Å²) in [6.45, 7) is 3.43. The summed E-state index contributed by atoms with van der Waals surface area (Å²) >= 11 is 0. The Balaban J connectivity index is 1.36. The van der Waals surface area contributed by atoms with Crippen LogP contribution in [0.3, 0.4) is 0 Å². The Bertz CT molecular complexity index is 1630. The van der Waals surface area contributed by atoms with Gasteiger partial charge >= 0.3 is 12.0 Å². The molecule has 1 aliphatic heterocycles. The van der Waals surface area contributed by atoms with Gasteiger partial charge in [0.1, 0.15) is 12.4 Å². The van der Waals surface area contributed by atoms with Crippen molar-refractivity contribution in [2.24, 2.45) is 5.10 Å². The van der Waals surface area contributed by atoms with Gasteiger partial charge in [0.25, 0.3) is 5.91 Å². The van der Waals surface area contributed by atoms with Gasteiger partial charge in [0.05, 0.1) is 43.2 Å². The minimum absolute atomic E-state index is 0.179. The smallest absolute Gasteiger partial charge is 0.338 e. The Labute approximate surface area is 254 Å². The molecule has 4 rings (SSSR count). The lowest BCUT2D eigenvalue weighted by Gasteiger charge is -2.28. The Hall–Kier alpha value is -5.83. The molecule has 0 bridgehead atoms. The van der Waals surface area contributed by atoms with Crippen LogP contribution in [-0.2, 0) is 20.9 Å². The van der Waals surface area contributed by atoms with Gasteiger partial charge in [-0.25, -0.2) is 15.0 Å². The van der Waals surface area contributed by atoms with Crippen LogP contribution < -0.4 is 30.3 Å². The lowest BCUT2D eigenvalue weighted by molar-refractivity contribution is -0.139. The molecule has 3 aromatic rings. The van der Waals surface area contributed by atoms with E-state index in [2.05, 4.69) is 27.2 Å². The number of benzene rings is 3. The zero-order chi connectivity index (χ0) is 31.5. The second kappa shape index (κ2) is 14.9. The number of nitriles is 1. The van der Waals surface area contributed by atoms with E-state index in [4.69, 9.17) is 24.2 Å². The fourth-order valence-electron chi connectivity index (χ4n) is 4.31. The largest absolute Gasteiger partial charge is 0.493 e. The van der Waals surface area contributed by atoms with Crippen molar-refractivity contribution in [3.63, 3.8) is 0 Å². The highest BCUT2D eigenvalue weighted by Crippen LogP contribution is 2.34. The van der Waals surface area contributed by atoms with E-state index in [-0.39, 0.29) is 24.5 Å². The molecule has 12 nitrogen and oxygen atoms in total. The monoisotopic (exact) mass is 597 g/mol. The molecule has 0 saturated carbocycles. The van der Waals surface area contributed by atoms with Gasteiger partial charge in [-0.15, -0.1) is 0 Å². The fraction of sp³-hybridized carbons (Fsp3) is 0.219. The SMILES string of the molecule is CCOC(=O)C1=C(C)NC(=O)N[C@H]1c1ccc(OCC(=O)N/N=C/c2ccccc2OCc2ccc(C#N)cc2)c(OC)c1. The molecule has 3 N–H and O–H groups in total. The first-order chi connectivity index (χ1) is 21.3. The third-order valence-electron chi connectivity index (χ3n) is 6.43. The summed E-state index contributed by atoms with van der Waals surface area (Å²) in [6, 6.07) is 20.0. The van der Waals surface area contributed by atoms with Crippen LogP contribution in [0.5, 0.6) is 17.2 Å². The van der Waals surface area contributed by atoms with Crippen molar-refractivity contribution in [3.05, 3.63) is 100 Å². The maximum absolute atomic E-state index is 12.6. The van der Waals surface area contributed by atoms with Gasteiger partial charge < -0.3 is 29.6 Å². The predicted octanol–water partition coefficient (Wildman–Crippen LogP) is 3.87. The van der Waals surface area contributed by atoms with Crippen molar-refractivity contribution >= 4 is 24.1 Å². The average Bonchev–Trinajstić information content (AvgIpc) is 3.03. The van der Waals surface area contributed by atoms with Crippen molar-refractivity contribution in [2.45, 2.75) is 26.5 Å². The first kappa shape index (κ1) is 31.1. The first-order valence-electron chi connectivity index (χ1n) is 13.6. The molecule has 0 radical (unpaired) electrons. The number of hydrogen-bond acceptors (Lipinski definition) is 9. The summed E-state index contributed by atoms with van der Waals surface area (Å²) in [5, 5.41) is 18.3. The van der Waals surface area contributed by atoms with Crippen molar-refractivity contribution in [1.82, 2.24) is 16.1 Å². The number of hydrazone groups is 1. The van der Waals surface area contributed by atoms with E-state index in [1.165, 1.54) is 13.3 Å². The van der Waals surface area contributed by atoms with Gasteiger partial charge in [0.15, 0.2) is 18.1 Å². The maximum atomic E-state index is 12.6. The number of methoxy groups -OCH3 is 1. The zero-order valence-corrected chi connectivity index (χ0v) is 24.4. The van der Waals surface area contributed by atoms with E-state index in [0.717, 1.165) is 5.56 Å².